The Hall–Kier alpha value is -3.15. The summed E-state index contributed by atoms with van der Waals surface area (Å²) in [6.07, 6.45) is 5.20. The zero-order valence-electron chi connectivity index (χ0n) is 13.6. The third-order valence-corrected chi connectivity index (χ3v) is 3.66. The van der Waals surface area contributed by atoms with Crippen LogP contribution in [-0.2, 0) is 6.54 Å². The number of hydrogen-bond acceptors (Lipinski definition) is 4. The molecule has 6 nitrogen and oxygen atoms in total. The molecule has 0 bridgehead atoms. The van der Waals surface area contributed by atoms with Gasteiger partial charge in [-0.05, 0) is 29.8 Å². The Morgan fingerprint density at radius 3 is 2.67 bits per heavy atom. The van der Waals surface area contributed by atoms with Crippen molar-refractivity contribution in [1.82, 2.24) is 19.7 Å². The summed E-state index contributed by atoms with van der Waals surface area (Å²) in [4.78, 5) is 18.2. The van der Waals surface area contributed by atoms with Gasteiger partial charge in [-0.25, -0.2) is 9.67 Å². The monoisotopic (exact) mass is 322 g/mol. The van der Waals surface area contributed by atoms with Crippen molar-refractivity contribution in [3.05, 3.63) is 72.2 Å². The van der Waals surface area contributed by atoms with Gasteiger partial charge in [0.1, 0.15) is 0 Å². The van der Waals surface area contributed by atoms with Crippen LogP contribution in [0.3, 0.4) is 0 Å². The van der Waals surface area contributed by atoms with Crippen molar-refractivity contribution in [2.75, 3.05) is 14.2 Å². The fourth-order valence-corrected chi connectivity index (χ4v) is 2.40. The smallest absolute Gasteiger partial charge is 0.254 e. The van der Waals surface area contributed by atoms with Gasteiger partial charge < -0.3 is 9.64 Å². The molecule has 3 rings (SSSR count). The van der Waals surface area contributed by atoms with E-state index in [0.29, 0.717) is 18.0 Å². The number of amides is 1. The second-order valence-electron chi connectivity index (χ2n) is 5.37. The van der Waals surface area contributed by atoms with Gasteiger partial charge in [-0.3, -0.25) is 4.79 Å². The molecule has 0 saturated heterocycles. The van der Waals surface area contributed by atoms with E-state index < -0.39 is 0 Å². The Labute approximate surface area is 140 Å². The zero-order chi connectivity index (χ0) is 16.9. The number of methoxy groups -OCH3 is 1. The molecule has 0 saturated carbocycles. The standard InChI is InChI=1S/C18H18N4O2/c1-21(18(23)15-8-10-19-17(12-15)24-2)13-14-4-6-16(7-5-14)22-11-3-9-20-22/h3-12H,13H2,1-2H3. The van der Waals surface area contributed by atoms with Crippen LogP contribution in [0.4, 0.5) is 0 Å². The van der Waals surface area contributed by atoms with Crippen molar-refractivity contribution in [3.8, 4) is 11.6 Å². The number of rotatable bonds is 5. The van der Waals surface area contributed by atoms with Gasteiger partial charge in [0.15, 0.2) is 0 Å². The first kappa shape index (κ1) is 15.7. The topological polar surface area (TPSA) is 60.2 Å². The molecule has 6 heteroatoms. The molecule has 24 heavy (non-hydrogen) atoms. The highest BCUT2D eigenvalue weighted by Gasteiger charge is 2.13. The molecule has 3 aromatic rings. The Bertz CT molecular complexity index is 813. The van der Waals surface area contributed by atoms with Gasteiger partial charge in [0.05, 0.1) is 12.8 Å². The quantitative estimate of drug-likeness (QED) is 0.724. The van der Waals surface area contributed by atoms with Crippen LogP contribution in [0.2, 0.25) is 0 Å². The van der Waals surface area contributed by atoms with E-state index in [2.05, 4.69) is 10.1 Å². The minimum absolute atomic E-state index is 0.0770. The van der Waals surface area contributed by atoms with Gasteiger partial charge in [0, 0.05) is 43.8 Å². The Balaban J connectivity index is 1.69. The molecule has 0 fully saturated rings. The average molecular weight is 322 g/mol. The summed E-state index contributed by atoms with van der Waals surface area (Å²) in [6.45, 7) is 0.517. The van der Waals surface area contributed by atoms with Crippen LogP contribution < -0.4 is 4.74 Å². The molecule has 0 radical (unpaired) electrons. The van der Waals surface area contributed by atoms with E-state index in [9.17, 15) is 4.79 Å². The van der Waals surface area contributed by atoms with Crippen molar-refractivity contribution in [1.29, 1.82) is 0 Å². The Morgan fingerprint density at radius 1 is 1.21 bits per heavy atom. The third kappa shape index (κ3) is 3.43. The first-order valence-electron chi connectivity index (χ1n) is 7.52. The predicted octanol–water partition coefficient (Wildman–Crippen LogP) is 2.55. The number of aromatic nitrogens is 3. The number of benzene rings is 1. The highest BCUT2D eigenvalue weighted by atomic mass is 16.5. The van der Waals surface area contributed by atoms with E-state index in [1.807, 2.05) is 36.5 Å². The minimum Gasteiger partial charge on any atom is -0.481 e. The predicted molar refractivity (Wildman–Crippen MR) is 90.2 cm³/mol. The second kappa shape index (κ2) is 6.95. The molecule has 2 heterocycles. The Kier molecular flexibility index (Phi) is 4.56. The van der Waals surface area contributed by atoms with E-state index in [0.717, 1.165) is 11.3 Å². The lowest BCUT2D eigenvalue weighted by Gasteiger charge is -2.17. The first-order chi connectivity index (χ1) is 11.7. The summed E-state index contributed by atoms with van der Waals surface area (Å²) in [5.74, 6) is 0.352. The van der Waals surface area contributed by atoms with E-state index in [1.54, 1.807) is 41.2 Å². The van der Waals surface area contributed by atoms with Crippen LogP contribution >= 0.6 is 0 Å². The van der Waals surface area contributed by atoms with Crippen LogP contribution in [0.1, 0.15) is 15.9 Å². The minimum atomic E-state index is -0.0770. The number of hydrogen-bond donors (Lipinski definition) is 0. The molecule has 0 unspecified atom stereocenters. The molecular weight excluding hydrogens is 304 g/mol. The number of ether oxygens (including phenoxy) is 1. The lowest BCUT2D eigenvalue weighted by molar-refractivity contribution is 0.0784. The second-order valence-corrected chi connectivity index (χ2v) is 5.37. The summed E-state index contributed by atoms with van der Waals surface area (Å²) in [7, 11) is 3.30. The van der Waals surface area contributed by atoms with Crippen LogP contribution in [-0.4, -0.2) is 39.7 Å². The molecule has 1 amide bonds. The van der Waals surface area contributed by atoms with Crippen molar-refractivity contribution in [2.24, 2.45) is 0 Å². The van der Waals surface area contributed by atoms with E-state index in [1.165, 1.54) is 7.11 Å². The highest BCUT2D eigenvalue weighted by Crippen LogP contribution is 2.14. The maximum absolute atomic E-state index is 12.5. The van der Waals surface area contributed by atoms with Gasteiger partial charge in [0.2, 0.25) is 5.88 Å². The van der Waals surface area contributed by atoms with Gasteiger partial charge >= 0.3 is 0 Å². The summed E-state index contributed by atoms with van der Waals surface area (Å²) >= 11 is 0. The molecule has 122 valence electrons. The van der Waals surface area contributed by atoms with E-state index >= 15 is 0 Å². The molecule has 0 atom stereocenters. The summed E-state index contributed by atoms with van der Waals surface area (Å²) in [6, 6.07) is 13.2. The molecule has 2 aromatic heterocycles. The van der Waals surface area contributed by atoms with Crippen LogP contribution in [0.25, 0.3) is 5.69 Å². The largest absolute Gasteiger partial charge is 0.481 e. The fourth-order valence-electron chi connectivity index (χ4n) is 2.40. The molecule has 0 spiro atoms. The van der Waals surface area contributed by atoms with Crippen molar-refractivity contribution >= 4 is 5.91 Å². The lowest BCUT2D eigenvalue weighted by atomic mass is 10.1. The van der Waals surface area contributed by atoms with Gasteiger partial charge in [-0.15, -0.1) is 0 Å². The molecule has 0 N–H and O–H groups in total. The van der Waals surface area contributed by atoms with Crippen LogP contribution in [0, 0.1) is 0 Å². The third-order valence-electron chi connectivity index (χ3n) is 3.66. The summed E-state index contributed by atoms with van der Waals surface area (Å²) in [5.41, 5.74) is 2.58. The SMILES string of the molecule is COc1cc(C(=O)N(C)Cc2ccc(-n3cccn3)cc2)ccn1. The number of nitrogens with zero attached hydrogens (tertiary/aromatic N) is 4. The first-order valence-corrected chi connectivity index (χ1v) is 7.52. The summed E-state index contributed by atoms with van der Waals surface area (Å²) in [5, 5.41) is 4.20. The normalized spacial score (nSPS) is 10.4. The molecule has 0 aliphatic heterocycles. The highest BCUT2D eigenvalue weighted by molar-refractivity contribution is 5.94. The Morgan fingerprint density at radius 2 is 2.00 bits per heavy atom. The van der Waals surface area contributed by atoms with Crippen molar-refractivity contribution in [3.63, 3.8) is 0 Å². The number of carbonyl (C=O) groups excluding carboxylic acids is 1. The summed E-state index contributed by atoms with van der Waals surface area (Å²) < 4.78 is 6.86. The van der Waals surface area contributed by atoms with Gasteiger partial charge in [-0.1, -0.05) is 12.1 Å². The van der Waals surface area contributed by atoms with Gasteiger partial charge in [-0.2, -0.15) is 5.10 Å². The van der Waals surface area contributed by atoms with Crippen molar-refractivity contribution in [2.45, 2.75) is 6.54 Å². The lowest BCUT2D eigenvalue weighted by Crippen LogP contribution is -2.26. The van der Waals surface area contributed by atoms with Crippen molar-refractivity contribution < 1.29 is 9.53 Å². The van der Waals surface area contributed by atoms with Gasteiger partial charge in [0.25, 0.3) is 5.91 Å². The average Bonchev–Trinajstić information content (AvgIpc) is 3.16. The number of carbonyl (C=O) groups is 1. The van der Waals surface area contributed by atoms with Crippen LogP contribution in [0.5, 0.6) is 5.88 Å². The maximum atomic E-state index is 12.5. The molecule has 0 aliphatic carbocycles. The van der Waals surface area contributed by atoms with E-state index in [4.69, 9.17) is 4.74 Å². The maximum Gasteiger partial charge on any atom is 0.254 e. The zero-order valence-corrected chi connectivity index (χ0v) is 13.6. The molecule has 1 aromatic carbocycles. The fraction of sp³-hybridized carbons (Fsp3) is 0.167. The molecule has 0 aliphatic rings. The van der Waals surface area contributed by atoms with Crippen LogP contribution in [0.15, 0.2) is 61.1 Å². The molecular formula is C18H18N4O2. The number of pyridine rings is 1. The van der Waals surface area contributed by atoms with E-state index in [-0.39, 0.29) is 5.91 Å².